The first-order chi connectivity index (χ1) is 14.7. The second-order valence-electron chi connectivity index (χ2n) is 7.02. The molecule has 0 amide bonds. The highest BCUT2D eigenvalue weighted by molar-refractivity contribution is 7.99. The van der Waals surface area contributed by atoms with Gasteiger partial charge in [0.05, 0.1) is 10.4 Å². The molecule has 8 nitrogen and oxygen atoms in total. The molecular formula is C21H24N6O2S. The Hall–Kier alpha value is -3.07. The summed E-state index contributed by atoms with van der Waals surface area (Å²) in [5, 5.41) is 18.5. The van der Waals surface area contributed by atoms with E-state index in [4.69, 9.17) is 0 Å². The first-order valence-corrected chi connectivity index (χ1v) is 11.1. The molecular weight excluding hydrogens is 400 g/mol. The van der Waals surface area contributed by atoms with E-state index in [1.165, 1.54) is 29.6 Å². The van der Waals surface area contributed by atoms with Crippen LogP contribution in [0.2, 0.25) is 0 Å². The second-order valence-corrected chi connectivity index (χ2v) is 8.24. The first kappa shape index (κ1) is 20.2. The fourth-order valence-corrected chi connectivity index (χ4v) is 4.45. The minimum atomic E-state index is -0.383. The van der Waals surface area contributed by atoms with Gasteiger partial charge in [-0.05, 0) is 30.7 Å². The first-order valence-electron chi connectivity index (χ1n) is 9.98. The lowest BCUT2D eigenvalue weighted by molar-refractivity contribution is -0.383. The van der Waals surface area contributed by atoms with E-state index in [2.05, 4.69) is 49.8 Å². The fourth-order valence-electron chi connectivity index (χ4n) is 3.55. The molecule has 1 aliphatic heterocycles. The summed E-state index contributed by atoms with van der Waals surface area (Å²) >= 11 is 2.00. The summed E-state index contributed by atoms with van der Waals surface area (Å²) in [6, 6.07) is 11.8. The molecule has 2 heterocycles. The topological polar surface area (TPSA) is 96.2 Å². The molecule has 4 rings (SSSR count). The Morgan fingerprint density at radius 3 is 2.60 bits per heavy atom. The summed E-state index contributed by atoms with van der Waals surface area (Å²) in [7, 11) is 0. The van der Waals surface area contributed by atoms with Gasteiger partial charge in [0, 0.05) is 54.8 Å². The van der Waals surface area contributed by atoms with Crippen molar-refractivity contribution >= 4 is 45.5 Å². The standard InChI is InChI=1S/C21H24N6O2S/c1-2-22-19-12-18-17(11-20(19)27(28)29)21(25-14-24-18)23-13-15-3-5-16(6-4-15)26-7-9-30-10-8-26/h3-6,11-12,14,22H,2,7-10,13H2,1H3,(H,23,24,25). The highest BCUT2D eigenvalue weighted by Crippen LogP contribution is 2.32. The van der Waals surface area contributed by atoms with Crippen molar-refractivity contribution in [1.82, 2.24) is 9.97 Å². The van der Waals surface area contributed by atoms with Crippen LogP contribution in [0.1, 0.15) is 12.5 Å². The molecule has 0 radical (unpaired) electrons. The van der Waals surface area contributed by atoms with Crippen molar-refractivity contribution in [1.29, 1.82) is 0 Å². The summed E-state index contributed by atoms with van der Waals surface area (Å²) < 4.78 is 0. The normalized spacial score (nSPS) is 14.0. The molecule has 156 valence electrons. The monoisotopic (exact) mass is 424 g/mol. The molecule has 1 saturated heterocycles. The number of aromatic nitrogens is 2. The predicted molar refractivity (Wildman–Crippen MR) is 124 cm³/mol. The molecule has 0 atom stereocenters. The lowest BCUT2D eigenvalue weighted by Gasteiger charge is -2.28. The number of nitrogens with zero attached hydrogens (tertiary/aromatic N) is 4. The lowest BCUT2D eigenvalue weighted by Crippen LogP contribution is -2.32. The van der Waals surface area contributed by atoms with Crippen LogP contribution in [-0.2, 0) is 6.54 Å². The second kappa shape index (κ2) is 9.17. The van der Waals surface area contributed by atoms with Gasteiger partial charge in [-0.25, -0.2) is 9.97 Å². The summed E-state index contributed by atoms with van der Waals surface area (Å²) in [5.74, 6) is 2.93. The molecule has 1 fully saturated rings. The summed E-state index contributed by atoms with van der Waals surface area (Å²) in [4.78, 5) is 22.1. The molecule has 9 heteroatoms. The van der Waals surface area contributed by atoms with Crippen LogP contribution in [0, 0.1) is 10.1 Å². The van der Waals surface area contributed by atoms with E-state index in [1.54, 1.807) is 6.07 Å². The number of nitro benzene ring substituents is 1. The molecule has 2 aromatic carbocycles. The zero-order chi connectivity index (χ0) is 20.9. The van der Waals surface area contributed by atoms with Crippen LogP contribution < -0.4 is 15.5 Å². The number of hydrogen-bond donors (Lipinski definition) is 2. The van der Waals surface area contributed by atoms with Crippen molar-refractivity contribution in [3.05, 3.63) is 58.4 Å². The molecule has 1 aliphatic rings. The van der Waals surface area contributed by atoms with Crippen LogP contribution in [0.3, 0.4) is 0 Å². The highest BCUT2D eigenvalue weighted by Gasteiger charge is 2.17. The van der Waals surface area contributed by atoms with Crippen molar-refractivity contribution in [3.8, 4) is 0 Å². The summed E-state index contributed by atoms with van der Waals surface area (Å²) in [5.41, 5.74) is 3.51. The van der Waals surface area contributed by atoms with Crippen LogP contribution in [0.5, 0.6) is 0 Å². The summed E-state index contributed by atoms with van der Waals surface area (Å²) in [6.45, 7) is 5.24. The van der Waals surface area contributed by atoms with E-state index < -0.39 is 0 Å². The zero-order valence-corrected chi connectivity index (χ0v) is 17.6. The summed E-state index contributed by atoms with van der Waals surface area (Å²) in [6.07, 6.45) is 1.48. The average molecular weight is 425 g/mol. The molecule has 0 unspecified atom stereocenters. The molecule has 1 aromatic heterocycles. The zero-order valence-electron chi connectivity index (χ0n) is 16.8. The molecule has 3 aromatic rings. The Kier molecular flexibility index (Phi) is 6.18. The predicted octanol–water partition coefficient (Wildman–Crippen LogP) is 4.14. The van der Waals surface area contributed by atoms with Crippen LogP contribution in [0.25, 0.3) is 10.9 Å². The quantitative estimate of drug-likeness (QED) is 0.432. The van der Waals surface area contributed by atoms with Gasteiger partial charge in [0.25, 0.3) is 5.69 Å². The number of nitro groups is 1. The van der Waals surface area contributed by atoms with Crippen LogP contribution >= 0.6 is 11.8 Å². The van der Waals surface area contributed by atoms with E-state index in [-0.39, 0.29) is 10.6 Å². The average Bonchev–Trinajstić information content (AvgIpc) is 2.78. The van der Waals surface area contributed by atoms with Gasteiger partial charge in [0.2, 0.25) is 0 Å². The van der Waals surface area contributed by atoms with Crippen molar-refractivity contribution in [2.45, 2.75) is 13.5 Å². The third kappa shape index (κ3) is 4.40. The maximum atomic E-state index is 11.5. The number of hydrogen-bond acceptors (Lipinski definition) is 8. The van der Waals surface area contributed by atoms with Gasteiger partial charge < -0.3 is 15.5 Å². The van der Waals surface area contributed by atoms with Gasteiger partial charge in [-0.1, -0.05) is 12.1 Å². The van der Waals surface area contributed by atoms with Crippen LogP contribution in [-0.4, -0.2) is 46.0 Å². The smallest absolute Gasteiger partial charge is 0.293 e. The molecule has 0 saturated carbocycles. The molecule has 30 heavy (non-hydrogen) atoms. The van der Waals surface area contributed by atoms with Gasteiger partial charge in [-0.2, -0.15) is 11.8 Å². The van der Waals surface area contributed by atoms with Crippen molar-refractivity contribution in [2.75, 3.05) is 46.7 Å². The van der Waals surface area contributed by atoms with Gasteiger partial charge in [0.1, 0.15) is 17.8 Å². The number of thioether (sulfide) groups is 1. The minimum Gasteiger partial charge on any atom is -0.380 e. The Balaban J connectivity index is 1.53. The van der Waals surface area contributed by atoms with Gasteiger partial charge in [-0.15, -0.1) is 0 Å². The van der Waals surface area contributed by atoms with Crippen LogP contribution in [0.4, 0.5) is 22.9 Å². The van der Waals surface area contributed by atoms with Gasteiger partial charge in [-0.3, -0.25) is 10.1 Å². The van der Waals surface area contributed by atoms with Crippen molar-refractivity contribution < 1.29 is 4.92 Å². The van der Waals surface area contributed by atoms with E-state index in [0.29, 0.717) is 35.5 Å². The van der Waals surface area contributed by atoms with Gasteiger partial charge in [0.15, 0.2) is 0 Å². The molecule has 2 N–H and O–H groups in total. The van der Waals surface area contributed by atoms with Crippen molar-refractivity contribution in [2.24, 2.45) is 0 Å². The van der Waals surface area contributed by atoms with E-state index >= 15 is 0 Å². The Morgan fingerprint density at radius 2 is 1.90 bits per heavy atom. The molecule has 0 spiro atoms. The number of benzene rings is 2. The van der Waals surface area contributed by atoms with Crippen molar-refractivity contribution in [3.63, 3.8) is 0 Å². The van der Waals surface area contributed by atoms with E-state index in [0.717, 1.165) is 18.7 Å². The van der Waals surface area contributed by atoms with E-state index in [1.807, 2.05) is 18.7 Å². The fraction of sp³-hybridized carbons (Fsp3) is 0.333. The third-order valence-corrected chi connectivity index (χ3v) is 6.03. The largest absolute Gasteiger partial charge is 0.380 e. The third-order valence-electron chi connectivity index (χ3n) is 5.09. The van der Waals surface area contributed by atoms with Gasteiger partial charge >= 0.3 is 0 Å². The maximum Gasteiger partial charge on any atom is 0.293 e. The number of rotatable bonds is 7. The van der Waals surface area contributed by atoms with Crippen LogP contribution in [0.15, 0.2) is 42.7 Å². The Bertz CT molecular complexity index is 1040. The SMILES string of the molecule is CCNc1cc2ncnc(NCc3ccc(N4CCSCC4)cc3)c2cc1[N+](=O)[O-]. The Labute approximate surface area is 179 Å². The molecule has 0 aliphatic carbocycles. The minimum absolute atomic E-state index is 0.0197. The molecule has 0 bridgehead atoms. The maximum absolute atomic E-state index is 11.5. The highest BCUT2D eigenvalue weighted by atomic mass is 32.2. The number of nitrogens with one attached hydrogen (secondary N) is 2. The lowest BCUT2D eigenvalue weighted by atomic mass is 10.1. The Morgan fingerprint density at radius 1 is 1.13 bits per heavy atom. The number of anilines is 3. The van der Waals surface area contributed by atoms with E-state index in [9.17, 15) is 10.1 Å². The number of fused-ring (bicyclic) bond motifs is 1.